The number of likely N-dealkylation sites (N-methyl/N-ethyl adjacent to an activating group) is 2. The van der Waals surface area contributed by atoms with E-state index in [4.69, 9.17) is 5.73 Å². The predicted octanol–water partition coefficient (Wildman–Crippen LogP) is 1.69. The summed E-state index contributed by atoms with van der Waals surface area (Å²) in [6, 6.07) is 0.208. The second-order valence-corrected chi connectivity index (χ2v) is 7.32. The van der Waals surface area contributed by atoms with Gasteiger partial charge in [0.15, 0.2) is 0 Å². The van der Waals surface area contributed by atoms with E-state index in [0.717, 1.165) is 25.8 Å². The molecule has 0 aliphatic heterocycles. The van der Waals surface area contributed by atoms with Gasteiger partial charge >= 0.3 is 0 Å². The molecule has 0 spiro atoms. The molecule has 4 nitrogen and oxygen atoms in total. The van der Waals surface area contributed by atoms with E-state index in [-0.39, 0.29) is 17.5 Å². The van der Waals surface area contributed by atoms with E-state index in [1.807, 2.05) is 11.9 Å². The third kappa shape index (κ3) is 3.01. The Bertz CT molecular complexity index is 352. The van der Waals surface area contributed by atoms with Gasteiger partial charge in [-0.1, -0.05) is 6.92 Å². The van der Waals surface area contributed by atoms with Gasteiger partial charge < -0.3 is 15.5 Å². The minimum Gasteiger partial charge on any atom is -0.344 e. The van der Waals surface area contributed by atoms with Crippen LogP contribution in [0.4, 0.5) is 0 Å². The van der Waals surface area contributed by atoms with Crippen molar-refractivity contribution in [3.05, 3.63) is 0 Å². The highest BCUT2D eigenvalue weighted by molar-refractivity contribution is 5.79. The molecule has 2 N–H and O–H groups in total. The first-order chi connectivity index (χ1) is 9.35. The van der Waals surface area contributed by atoms with E-state index in [2.05, 4.69) is 25.9 Å². The Labute approximate surface area is 123 Å². The number of hydrogen-bond acceptors (Lipinski definition) is 3. The molecule has 2 aliphatic rings. The van der Waals surface area contributed by atoms with Crippen LogP contribution < -0.4 is 5.73 Å². The van der Waals surface area contributed by atoms with Crippen LogP contribution in [0.1, 0.15) is 45.4 Å². The van der Waals surface area contributed by atoms with Gasteiger partial charge in [-0.15, -0.1) is 0 Å². The molecule has 4 heteroatoms. The standard InChI is InChI=1S/C16H31N3O/c1-12-6-7-13(17)10-14(12)15(20)19(4)11-16(18(2)3)8-5-9-16/h12-14H,5-11,17H2,1-4H3. The maximum absolute atomic E-state index is 12.7. The molecule has 0 saturated heterocycles. The fourth-order valence-electron chi connectivity index (χ4n) is 3.83. The molecule has 3 atom stereocenters. The van der Waals surface area contributed by atoms with Gasteiger partial charge in [0.25, 0.3) is 0 Å². The fourth-order valence-corrected chi connectivity index (χ4v) is 3.83. The van der Waals surface area contributed by atoms with Crippen LogP contribution in [-0.2, 0) is 4.79 Å². The Morgan fingerprint density at radius 1 is 1.25 bits per heavy atom. The minimum atomic E-state index is 0.128. The molecule has 0 radical (unpaired) electrons. The summed E-state index contributed by atoms with van der Waals surface area (Å²) in [6.45, 7) is 3.06. The van der Waals surface area contributed by atoms with E-state index in [1.165, 1.54) is 19.3 Å². The third-order valence-electron chi connectivity index (χ3n) is 5.69. The van der Waals surface area contributed by atoms with Gasteiger partial charge in [0.05, 0.1) is 0 Å². The van der Waals surface area contributed by atoms with E-state index < -0.39 is 0 Å². The number of hydrogen-bond donors (Lipinski definition) is 1. The van der Waals surface area contributed by atoms with Gasteiger partial charge in [0.1, 0.15) is 0 Å². The summed E-state index contributed by atoms with van der Waals surface area (Å²) in [5, 5.41) is 0. The van der Waals surface area contributed by atoms with Crippen LogP contribution in [0.2, 0.25) is 0 Å². The molecule has 1 amide bonds. The topological polar surface area (TPSA) is 49.6 Å². The van der Waals surface area contributed by atoms with Crippen molar-refractivity contribution in [2.75, 3.05) is 27.7 Å². The first-order valence-corrected chi connectivity index (χ1v) is 8.04. The highest BCUT2D eigenvalue weighted by Gasteiger charge is 2.42. The van der Waals surface area contributed by atoms with Crippen LogP contribution in [0.25, 0.3) is 0 Å². The zero-order chi connectivity index (χ0) is 14.9. The van der Waals surface area contributed by atoms with Gasteiger partial charge in [-0.2, -0.15) is 0 Å². The quantitative estimate of drug-likeness (QED) is 0.853. The van der Waals surface area contributed by atoms with Crippen LogP contribution in [0.3, 0.4) is 0 Å². The first-order valence-electron chi connectivity index (χ1n) is 8.04. The number of carbonyl (C=O) groups is 1. The third-order valence-corrected chi connectivity index (χ3v) is 5.69. The summed E-state index contributed by atoms with van der Waals surface area (Å²) in [6.07, 6.45) is 6.71. The van der Waals surface area contributed by atoms with Crippen molar-refractivity contribution in [1.29, 1.82) is 0 Å². The maximum atomic E-state index is 12.7. The van der Waals surface area contributed by atoms with Crippen LogP contribution in [0.15, 0.2) is 0 Å². The maximum Gasteiger partial charge on any atom is 0.225 e. The first kappa shape index (κ1) is 15.8. The molecule has 0 aromatic heterocycles. The summed E-state index contributed by atoms with van der Waals surface area (Å²) >= 11 is 0. The summed E-state index contributed by atoms with van der Waals surface area (Å²) in [5.74, 6) is 0.908. The lowest BCUT2D eigenvalue weighted by molar-refractivity contribution is -0.140. The Morgan fingerprint density at radius 2 is 1.90 bits per heavy atom. The monoisotopic (exact) mass is 281 g/mol. The van der Waals surface area contributed by atoms with Crippen molar-refractivity contribution in [3.8, 4) is 0 Å². The van der Waals surface area contributed by atoms with Crippen molar-refractivity contribution in [1.82, 2.24) is 9.80 Å². The van der Waals surface area contributed by atoms with Crippen LogP contribution in [0, 0.1) is 11.8 Å². The molecule has 2 rings (SSSR count). The second kappa shape index (κ2) is 6.02. The molecular formula is C16H31N3O. The van der Waals surface area contributed by atoms with E-state index in [0.29, 0.717) is 11.8 Å². The molecule has 2 fully saturated rings. The molecule has 3 unspecified atom stereocenters. The van der Waals surface area contributed by atoms with Crippen LogP contribution in [0.5, 0.6) is 0 Å². The van der Waals surface area contributed by atoms with Gasteiger partial charge in [0.2, 0.25) is 5.91 Å². The highest BCUT2D eigenvalue weighted by atomic mass is 16.2. The zero-order valence-corrected chi connectivity index (χ0v) is 13.6. The summed E-state index contributed by atoms with van der Waals surface area (Å²) in [4.78, 5) is 17.0. The zero-order valence-electron chi connectivity index (χ0n) is 13.6. The number of amides is 1. The molecule has 0 heterocycles. The normalized spacial score (nSPS) is 32.8. The van der Waals surface area contributed by atoms with Gasteiger partial charge in [-0.3, -0.25) is 4.79 Å². The molecular weight excluding hydrogens is 250 g/mol. The van der Waals surface area contributed by atoms with Crippen molar-refractivity contribution < 1.29 is 4.79 Å². The Balaban J connectivity index is 1.97. The largest absolute Gasteiger partial charge is 0.344 e. The SMILES string of the molecule is CC1CCC(N)CC1C(=O)N(C)CC1(N(C)C)CCC1. The minimum absolute atomic E-state index is 0.128. The Hall–Kier alpha value is -0.610. The van der Waals surface area contributed by atoms with Gasteiger partial charge in [-0.05, 0) is 58.5 Å². The van der Waals surface area contributed by atoms with Crippen molar-refractivity contribution in [2.24, 2.45) is 17.6 Å². The van der Waals surface area contributed by atoms with Crippen LogP contribution in [-0.4, -0.2) is 55.0 Å². The summed E-state index contributed by atoms with van der Waals surface area (Å²) < 4.78 is 0. The fraction of sp³-hybridized carbons (Fsp3) is 0.938. The van der Waals surface area contributed by atoms with E-state index >= 15 is 0 Å². The Kier molecular flexibility index (Phi) is 4.75. The molecule has 116 valence electrons. The van der Waals surface area contributed by atoms with Crippen molar-refractivity contribution >= 4 is 5.91 Å². The lowest BCUT2D eigenvalue weighted by Gasteiger charge is -2.49. The smallest absolute Gasteiger partial charge is 0.225 e. The molecule has 2 aliphatic carbocycles. The number of rotatable bonds is 4. The average molecular weight is 281 g/mol. The Morgan fingerprint density at radius 3 is 2.40 bits per heavy atom. The predicted molar refractivity (Wildman–Crippen MR) is 82.4 cm³/mol. The van der Waals surface area contributed by atoms with Gasteiger partial charge in [0, 0.05) is 31.1 Å². The van der Waals surface area contributed by atoms with Gasteiger partial charge in [-0.25, -0.2) is 0 Å². The average Bonchev–Trinajstić information content (AvgIpc) is 2.35. The van der Waals surface area contributed by atoms with Crippen molar-refractivity contribution in [3.63, 3.8) is 0 Å². The number of carbonyl (C=O) groups excluding carboxylic acids is 1. The molecule has 0 bridgehead atoms. The van der Waals surface area contributed by atoms with Crippen LogP contribution >= 0.6 is 0 Å². The second-order valence-electron chi connectivity index (χ2n) is 7.32. The summed E-state index contributed by atoms with van der Waals surface area (Å²) in [5.41, 5.74) is 6.27. The van der Waals surface area contributed by atoms with Crippen molar-refractivity contribution in [2.45, 2.75) is 57.0 Å². The number of nitrogens with zero attached hydrogens (tertiary/aromatic N) is 2. The molecule has 0 aromatic carbocycles. The lowest BCUT2D eigenvalue weighted by Crippen LogP contribution is -2.58. The van der Waals surface area contributed by atoms with E-state index in [9.17, 15) is 4.79 Å². The molecule has 0 aromatic rings. The van der Waals surface area contributed by atoms with E-state index in [1.54, 1.807) is 0 Å². The number of nitrogens with two attached hydrogens (primary N) is 1. The lowest BCUT2D eigenvalue weighted by atomic mass is 9.74. The molecule has 20 heavy (non-hydrogen) atoms. The highest BCUT2D eigenvalue weighted by Crippen LogP contribution is 2.37. The molecule has 2 saturated carbocycles. The summed E-state index contributed by atoms with van der Waals surface area (Å²) in [7, 11) is 6.24.